The number of amides is 4. The van der Waals surface area contributed by atoms with E-state index in [0.29, 0.717) is 33.9 Å². The van der Waals surface area contributed by atoms with Gasteiger partial charge in [0.05, 0.1) is 24.1 Å². The first kappa shape index (κ1) is 22.6. The van der Waals surface area contributed by atoms with Gasteiger partial charge in [-0.1, -0.05) is 48.5 Å². The highest BCUT2D eigenvalue weighted by atomic mass is 16.5. The minimum Gasteiger partial charge on any atom is -0.452 e. The first-order chi connectivity index (χ1) is 16.5. The highest BCUT2D eigenvalue weighted by Crippen LogP contribution is 2.41. The van der Waals surface area contributed by atoms with Crippen molar-refractivity contribution in [2.24, 2.45) is 0 Å². The van der Waals surface area contributed by atoms with E-state index in [9.17, 15) is 14.4 Å². The molecular formula is C26H24N4O4. The van der Waals surface area contributed by atoms with Gasteiger partial charge in [0, 0.05) is 31.0 Å². The minimum atomic E-state index is -0.749. The predicted octanol–water partition coefficient (Wildman–Crippen LogP) is 4.56. The third kappa shape index (κ3) is 4.09. The van der Waals surface area contributed by atoms with Crippen LogP contribution in [0.25, 0.3) is 11.3 Å². The molecule has 2 N–H and O–H groups in total. The molecular weight excluding hydrogens is 432 g/mol. The van der Waals surface area contributed by atoms with Crippen LogP contribution in [0.5, 0.6) is 0 Å². The summed E-state index contributed by atoms with van der Waals surface area (Å²) in [6, 6.07) is 23.5. The highest BCUT2D eigenvalue weighted by Gasteiger charge is 2.39. The fraction of sp³-hybridized carbons (Fsp3) is 0.115. The number of imide groups is 1. The van der Waals surface area contributed by atoms with Gasteiger partial charge in [0.2, 0.25) is 0 Å². The van der Waals surface area contributed by atoms with Crippen LogP contribution >= 0.6 is 0 Å². The van der Waals surface area contributed by atoms with Crippen molar-refractivity contribution in [1.29, 1.82) is 0 Å². The van der Waals surface area contributed by atoms with Crippen LogP contribution in [0.3, 0.4) is 0 Å². The zero-order valence-electron chi connectivity index (χ0n) is 19.0. The zero-order valence-corrected chi connectivity index (χ0v) is 19.0. The van der Waals surface area contributed by atoms with Crippen LogP contribution in [0.1, 0.15) is 11.1 Å². The number of anilines is 3. The first-order valence-electron chi connectivity index (χ1n) is 10.6. The molecule has 4 rings (SSSR count). The summed E-state index contributed by atoms with van der Waals surface area (Å²) < 4.78 is 4.86. The van der Waals surface area contributed by atoms with Crippen LogP contribution in [0.15, 0.2) is 78.9 Å². The summed E-state index contributed by atoms with van der Waals surface area (Å²) in [7, 11) is 4.49. The summed E-state index contributed by atoms with van der Waals surface area (Å²) in [5, 5.41) is 5.94. The molecule has 1 heterocycles. The first-order valence-corrected chi connectivity index (χ1v) is 10.6. The number of urea groups is 1. The summed E-state index contributed by atoms with van der Waals surface area (Å²) in [6.07, 6.45) is -0.749. The number of rotatable bonds is 4. The van der Waals surface area contributed by atoms with Gasteiger partial charge in [0.15, 0.2) is 0 Å². The molecule has 0 saturated heterocycles. The normalized spacial score (nSPS) is 13.7. The number of carbonyl (C=O) groups excluding carboxylic acids is 3. The van der Waals surface area contributed by atoms with Crippen molar-refractivity contribution in [3.8, 4) is 0 Å². The summed E-state index contributed by atoms with van der Waals surface area (Å²) in [6.45, 7) is 0. The van der Waals surface area contributed by atoms with Crippen molar-refractivity contribution in [2.45, 2.75) is 0 Å². The Bertz CT molecular complexity index is 1270. The van der Waals surface area contributed by atoms with Crippen molar-refractivity contribution in [2.75, 3.05) is 36.3 Å². The summed E-state index contributed by atoms with van der Waals surface area (Å²) in [5.41, 5.74) is 4.20. The van der Waals surface area contributed by atoms with Gasteiger partial charge in [-0.15, -0.1) is 0 Å². The Kier molecular flexibility index (Phi) is 6.31. The Morgan fingerprint density at radius 1 is 0.912 bits per heavy atom. The topological polar surface area (TPSA) is 91.0 Å². The molecule has 1 aliphatic heterocycles. The Morgan fingerprint density at radius 2 is 1.56 bits per heavy atom. The van der Waals surface area contributed by atoms with Gasteiger partial charge < -0.3 is 15.4 Å². The van der Waals surface area contributed by atoms with E-state index >= 15 is 0 Å². The molecule has 1 aliphatic rings. The molecule has 0 saturated carbocycles. The minimum absolute atomic E-state index is 0.233. The quantitative estimate of drug-likeness (QED) is 0.562. The fourth-order valence-corrected chi connectivity index (χ4v) is 3.81. The van der Waals surface area contributed by atoms with E-state index in [0.717, 1.165) is 10.5 Å². The maximum atomic E-state index is 13.5. The summed E-state index contributed by atoms with van der Waals surface area (Å²) in [5.74, 6) is -0.477. The number of hydrogen-bond acceptors (Lipinski definition) is 5. The molecule has 0 atom stereocenters. The van der Waals surface area contributed by atoms with E-state index in [1.807, 2.05) is 48.5 Å². The lowest BCUT2D eigenvalue weighted by Gasteiger charge is -2.18. The second kappa shape index (κ2) is 9.50. The maximum Gasteiger partial charge on any atom is 0.421 e. The SMILES string of the molecule is CNC(=O)N(C)c1ccc(N/C(=C2\C(=O)N(C(=O)OC)c3ccccc32)c2ccccc2)cc1. The third-order valence-electron chi connectivity index (χ3n) is 5.54. The molecule has 0 unspecified atom stereocenters. The van der Waals surface area contributed by atoms with Crippen molar-refractivity contribution in [3.63, 3.8) is 0 Å². The number of ether oxygens (including phenoxy) is 1. The van der Waals surface area contributed by atoms with E-state index in [-0.39, 0.29) is 6.03 Å². The Labute approximate surface area is 197 Å². The van der Waals surface area contributed by atoms with Gasteiger partial charge in [-0.25, -0.2) is 14.5 Å². The van der Waals surface area contributed by atoms with E-state index in [2.05, 4.69) is 10.6 Å². The summed E-state index contributed by atoms with van der Waals surface area (Å²) in [4.78, 5) is 40.4. The van der Waals surface area contributed by atoms with Crippen LogP contribution in [-0.2, 0) is 9.53 Å². The fourth-order valence-electron chi connectivity index (χ4n) is 3.81. The molecule has 0 aliphatic carbocycles. The third-order valence-corrected chi connectivity index (χ3v) is 5.54. The summed E-state index contributed by atoms with van der Waals surface area (Å²) >= 11 is 0. The number of benzene rings is 3. The Morgan fingerprint density at radius 3 is 2.21 bits per heavy atom. The molecule has 0 spiro atoms. The second-order valence-electron chi connectivity index (χ2n) is 7.53. The lowest BCUT2D eigenvalue weighted by molar-refractivity contribution is -0.112. The Hall–Kier alpha value is -4.59. The van der Waals surface area contributed by atoms with Crippen molar-refractivity contribution < 1.29 is 19.1 Å². The van der Waals surface area contributed by atoms with Crippen LogP contribution in [-0.4, -0.2) is 39.2 Å². The smallest absolute Gasteiger partial charge is 0.421 e. The van der Waals surface area contributed by atoms with Gasteiger partial charge in [-0.2, -0.15) is 0 Å². The van der Waals surface area contributed by atoms with Crippen LogP contribution in [0.4, 0.5) is 26.7 Å². The zero-order chi connectivity index (χ0) is 24.2. The van der Waals surface area contributed by atoms with Crippen LogP contribution in [0, 0.1) is 0 Å². The molecule has 34 heavy (non-hydrogen) atoms. The molecule has 0 fully saturated rings. The number of nitrogens with zero attached hydrogens (tertiary/aromatic N) is 2. The molecule has 172 valence electrons. The predicted molar refractivity (Wildman–Crippen MR) is 133 cm³/mol. The monoisotopic (exact) mass is 456 g/mol. The maximum absolute atomic E-state index is 13.5. The molecule has 8 nitrogen and oxygen atoms in total. The van der Waals surface area contributed by atoms with E-state index in [4.69, 9.17) is 4.74 Å². The number of carbonyl (C=O) groups is 3. The van der Waals surface area contributed by atoms with Gasteiger partial charge in [0.1, 0.15) is 0 Å². The highest BCUT2D eigenvalue weighted by molar-refractivity contribution is 6.43. The average molecular weight is 457 g/mol. The molecule has 0 radical (unpaired) electrons. The number of fused-ring (bicyclic) bond motifs is 1. The lowest BCUT2D eigenvalue weighted by atomic mass is 10.00. The average Bonchev–Trinajstić information content (AvgIpc) is 3.18. The van der Waals surface area contributed by atoms with E-state index in [1.54, 1.807) is 44.4 Å². The number of hydrogen-bond donors (Lipinski definition) is 2. The van der Waals surface area contributed by atoms with Gasteiger partial charge in [0.25, 0.3) is 5.91 Å². The van der Waals surface area contributed by atoms with Gasteiger partial charge >= 0.3 is 12.1 Å². The number of methoxy groups -OCH3 is 1. The van der Waals surface area contributed by atoms with Crippen LogP contribution < -0.4 is 20.4 Å². The van der Waals surface area contributed by atoms with Crippen molar-refractivity contribution >= 4 is 46.4 Å². The molecule has 8 heteroatoms. The number of nitrogens with one attached hydrogen (secondary N) is 2. The number of para-hydroxylation sites is 1. The van der Waals surface area contributed by atoms with Crippen LogP contribution in [0.2, 0.25) is 0 Å². The molecule has 0 aromatic heterocycles. The van der Waals surface area contributed by atoms with Crippen molar-refractivity contribution in [1.82, 2.24) is 5.32 Å². The molecule has 4 amide bonds. The molecule has 0 bridgehead atoms. The van der Waals surface area contributed by atoms with Gasteiger partial charge in [-0.05, 0) is 35.9 Å². The molecule has 3 aromatic carbocycles. The van der Waals surface area contributed by atoms with E-state index in [1.165, 1.54) is 12.0 Å². The standard InChI is InChI=1S/C26H24N4O4/c1-27-25(32)29(2)19-15-13-18(14-16-19)28-23(17-9-5-4-6-10-17)22-20-11-7-8-12-21(20)30(24(22)31)26(33)34-3/h4-16,28H,1-3H3,(H,27,32)/b23-22-. The van der Waals surface area contributed by atoms with Gasteiger partial charge in [-0.3, -0.25) is 9.69 Å². The lowest BCUT2D eigenvalue weighted by Crippen LogP contribution is -2.34. The largest absolute Gasteiger partial charge is 0.452 e. The molecule has 3 aromatic rings. The van der Waals surface area contributed by atoms with Crippen molar-refractivity contribution in [3.05, 3.63) is 90.0 Å². The van der Waals surface area contributed by atoms with E-state index < -0.39 is 12.0 Å². The second-order valence-corrected chi connectivity index (χ2v) is 7.53. The Balaban J connectivity index is 1.82.